The first-order valence-corrected chi connectivity index (χ1v) is 15.4. The normalized spacial score (nSPS) is 18.1. The van der Waals surface area contributed by atoms with E-state index in [1.54, 1.807) is 12.1 Å². The fourth-order valence-corrected chi connectivity index (χ4v) is 5.42. The minimum absolute atomic E-state index is 0.188. The fourth-order valence-electron chi connectivity index (χ4n) is 5.42. The molecule has 1 saturated carbocycles. The average molecular weight is 543 g/mol. The number of carbonyl (C=O) groups is 1. The van der Waals surface area contributed by atoms with Crippen molar-refractivity contribution in [3.63, 3.8) is 0 Å². The van der Waals surface area contributed by atoms with Crippen molar-refractivity contribution in [2.24, 2.45) is 0 Å². The third-order valence-corrected chi connectivity index (χ3v) is 7.93. The number of esters is 1. The van der Waals surface area contributed by atoms with Gasteiger partial charge in [0.15, 0.2) is 17.7 Å². The second-order valence-electron chi connectivity index (χ2n) is 11.1. The molecule has 1 aliphatic carbocycles. The number of benzene rings is 2. The highest BCUT2D eigenvalue weighted by atomic mass is 19.1. The first kappa shape index (κ1) is 31.1. The van der Waals surface area contributed by atoms with Gasteiger partial charge in [0.25, 0.3) is 0 Å². The molecule has 3 rings (SSSR count). The summed E-state index contributed by atoms with van der Waals surface area (Å²) in [7, 11) is 0. The molecule has 3 nitrogen and oxygen atoms in total. The van der Waals surface area contributed by atoms with Crippen LogP contribution >= 0.6 is 0 Å². The molecule has 0 aromatic heterocycles. The first-order valence-electron chi connectivity index (χ1n) is 15.4. The molecule has 1 atom stereocenters. The Morgan fingerprint density at radius 1 is 0.821 bits per heavy atom. The Labute approximate surface area is 234 Å². The Bertz CT molecular complexity index is 967. The number of carbonyl (C=O) groups excluding carboxylic acids is 1. The van der Waals surface area contributed by atoms with Crippen LogP contribution in [-0.2, 0) is 9.53 Å². The van der Waals surface area contributed by atoms with E-state index in [-0.39, 0.29) is 18.3 Å². The Balaban J connectivity index is 1.41. The Kier molecular flexibility index (Phi) is 13.8. The molecule has 0 heterocycles. The standard InChI is InChI=1S/C34H48F2O3/c1-3-5-7-8-9-10-11-12-24-38-33-23-20-29(25-32(33)36)28-16-14-26(15-17-28)27-18-21-30(22-19-27)39-34(37)31(35)13-6-4-2/h14-17,20,23,25,27,30-31H,3-13,18-19,21-22,24H2,1-2H3/t27?,30?,31-/m0/s1. The molecule has 0 saturated heterocycles. The van der Waals surface area contributed by atoms with Gasteiger partial charge in [0, 0.05) is 0 Å². The van der Waals surface area contributed by atoms with Crippen LogP contribution in [0.3, 0.4) is 0 Å². The Morgan fingerprint density at radius 3 is 2.08 bits per heavy atom. The maximum atomic E-state index is 14.7. The second-order valence-corrected chi connectivity index (χ2v) is 11.1. The zero-order valence-electron chi connectivity index (χ0n) is 24.1. The van der Waals surface area contributed by atoms with E-state index >= 15 is 0 Å². The highest BCUT2D eigenvalue weighted by Crippen LogP contribution is 2.35. The summed E-state index contributed by atoms with van der Waals surface area (Å²) in [5.41, 5.74) is 3.04. The molecule has 216 valence electrons. The van der Waals surface area contributed by atoms with Crippen molar-refractivity contribution in [1.29, 1.82) is 0 Å². The van der Waals surface area contributed by atoms with E-state index in [2.05, 4.69) is 19.1 Å². The van der Waals surface area contributed by atoms with Crippen molar-refractivity contribution in [3.05, 3.63) is 53.8 Å². The van der Waals surface area contributed by atoms with Gasteiger partial charge in [0.1, 0.15) is 6.10 Å². The van der Waals surface area contributed by atoms with Crippen LogP contribution in [0.1, 0.15) is 122 Å². The molecule has 0 aliphatic heterocycles. The van der Waals surface area contributed by atoms with Gasteiger partial charge in [0.05, 0.1) is 6.61 Å². The highest BCUT2D eigenvalue weighted by molar-refractivity contribution is 5.74. The van der Waals surface area contributed by atoms with Crippen molar-refractivity contribution in [3.8, 4) is 16.9 Å². The van der Waals surface area contributed by atoms with Gasteiger partial charge < -0.3 is 9.47 Å². The predicted octanol–water partition coefficient (Wildman–Crippen LogP) is 10.1. The molecule has 39 heavy (non-hydrogen) atoms. The van der Waals surface area contributed by atoms with Gasteiger partial charge in [-0.05, 0) is 73.3 Å². The van der Waals surface area contributed by atoms with Gasteiger partial charge in [-0.15, -0.1) is 0 Å². The summed E-state index contributed by atoms with van der Waals surface area (Å²) in [4.78, 5) is 12.0. The van der Waals surface area contributed by atoms with Crippen LogP contribution in [0.25, 0.3) is 11.1 Å². The first-order chi connectivity index (χ1) is 19.0. The van der Waals surface area contributed by atoms with Crippen LogP contribution < -0.4 is 4.74 Å². The number of rotatable bonds is 17. The molecule has 0 amide bonds. The number of halogens is 2. The molecular formula is C34H48F2O3. The van der Waals surface area contributed by atoms with E-state index in [0.29, 0.717) is 24.7 Å². The number of hydrogen-bond donors (Lipinski definition) is 0. The Hall–Kier alpha value is -2.43. The van der Waals surface area contributed by atoms with Crippen molar-refractivity contribution in [2.75, 3.05) is 6.61 Å². The lowest BCUT2D eigenvalue weighted by atomic mass is 9.82. The third kappa shape index (κ3) is 10.6. The zero-order valence-corrected chi connectivity index (χ0v) is 24.1. The van der Waals surface area contributed by atoms with E-state index in [0.717, 1.165) is 56.1 Å². The molecule has 0 spiro atoms. The van der Waals surface area contributed by atoms with Gasteiger partial charge in [-0.2, -0.15) is 0 Å². The minimum Gasteiger partial charge on any atom is -0.491 e. The van der Waals surface area contributed by atoms with Crippen LogP contribution in [0.15, 0.2) is 42.5 Å². The molecule has 0 radical (unpaired) electrons. The van der Waals surface area contributed by atoms with Gasteiger partial charge in [-0.1, -0.05) is 102 Å². The molecule has 2 aromatic carbocycles. The average Bonchev–Trinajstić information content (AvgIpc) is 2.96. The topological polar surface area (TPSA) is 35.5 Å². The summed E-state index contributed by atoms with van der Waals surface area (Å²) >= 11 is 0. The van der Waals surface area contributed by atoms with Crippen molar-refractivity contribution < 1.29 is 23.0 Å². The summed E-state index contributed by atoms with van der Waals surface area (Å²) in [6, 6.07) is 13.5. The molecule has 0 unspecified atom stereocenters. The number of ether oxygens (including phenoxy) is 2. The SMILES string of the molecule is CCCCCCCCCCOc1ccc(-c2ccc(C3CCC(OC(=O)[C@@H](F)CCCC)CC3)cc2)cc1F. The van der Waals surface area contributed by atoms with E-state index in [9.17, 15) is 13.6 Å². The monoisotopic (exact) mass is 542 g/mol. The number of hydrogen-bond acceptors (Lipinski definition) is 3. The summed E-state index contributed by atoms with van der Waals surface area (Å²) in [5, 5.41) is 0. The maximum Gasteiger partial charge on any atom is 0.340 e. The summed E-state index contributed by atoms with van der Waals surface area (Å²) < 4.78 is 39.8. The molecule has 1 aliphatic rings. The number of alkyl halides is 1. The quantitative estimate of drug-likeness (QED) is 0.147. The van der Waals surface area contributed by atoms with E-state index in [1.807, 2.05) is 25.1 Å². The smallest absolute Gasteiger partial charge is 0.340 e. The van der Waals surface area contributed by atoms with Crippen LogP contribution in [0.2, 0.25) is 0 Å². The van der Waals surface area contributed by atoms with Gasteiger partial charge in [0.2, 0.25) is 0 Å². The lowest BCUT2D eigenvalue weighted by Gasteiger charge is -2.29. The molecule has 0 bridgehead atoms. The molecular weight excluding hydrogens is 494 g/mol. The predicted molar refractivity (Wildman–Crippen MR) is 155 cm³/mol. The van der Waals surface area contributed by atoms with Crippen molar-refractivity contribution in [2.45, 2.75) is 128 Å². The van der Waals surface area contributed by atoms with Crippen LogP contribution in [0, 0.1) is 5.82 Å². The lowest BCUT2D eigenvalue weighted by molar-refractivity contribution is -0.157. The number of unbranched alkanes of at least 4 members (excludes halogenated alkanes) is 8. The summed E-state index contributed by atoms with van der Waals surface area (Å²) in [5.74, 6) is -0.318. The molecule has 0 N–H and O–H groups in total. The summed E-state index contributed by atoms with van der Waals surface area (Å²) in [6.45, 7) is 4.76. The van der Waals surface area contributed by atoms with Crippen molar-refractivity contribution in [1.82, 2.24) is 0 Å². The molecule has 5 heteroatoms. The zero-order chi connectivity index (χ0) is 27.9. The van der Waals surface area contributed by atoms with Crippen LogP contribution in [-0.4, -0.2) is 24.9 Å². The van der Waals surface area contributed by atoms with Gasteiger partial charge in [-0.25, -0.2) is 13.6 Å². The molecule has 1 fully saturated rings. The van der Waals surface area contributed by atoms with E-state index in [4.69, 9.17) is 9.47 Å². The maximum absolute atomic E-state index is 14.7. The largest absolute Gasteiger partial charge is 0.491 e. The van der Waals surface area contributed by atoms with Gasteiger partial charge in [-0.3, -0.25) is 0 Å². The van der Waals surface area contributed by atoms with E-state index in [1.165, 1.54) is 44.1 Å². The fraction of sp³-hybridized carbons (Fsp3) is 0.618. The highest BCUT2D eigenvalue weighted by Gasteiger charge is 2.27. The minimum atomic E-state index is -1.50. The van der Waals surface area contributed by atoms with E-state index < -0.39 is 12.1 Å². The lowest BCUT2D eigenvalue weighted by Crippen LogP contribution is -2.28. The molecule has 2 aromatic rings. The van der Waals surface area contributed by atoms with Gasteiger partial charge >= 0.3 is 5.97 Å². The van der Waals surface area contributed by atoms with Crippen LogP contribution in [0.4, 0.5) is 8.78 Å². The summed E-state index contributed by atoms with van der Waals surface area (Å²) in [6.07, 6.45) is 13.3. The third-order valence-electron chi connectivity index (χ3n) is 7.93. The van der Waals surface area contributed by atoms with Crippen LogP contribution in [0.5, 0.6) is 5.75 Å². The second kappa shape index (κ2) is 17.3. The van der Waals surface area contributed by atoms with Crippen molar-refractivity contribution >= 4 is 5.97 Å². The Morgan fingerprint density at radius 2 is 1.44 bits per heavy atom.